The zero-order chi connectivity index (χ0) is 29.8. The van der Waals surface area contributed by atoms with Crippen molar-refractivity contribution in [3.63, 3.8) is 0 Å². The molecule has 1 aliphatic rings. The standard InChI is InChI=1S/C26H36ClN6O7P/c1-5-37-22-20-21(30-25(28)31-22)33(15-29-20)24-26(4,27)12-19(40-24)14-39-41(35,36)32-18(13-38-23(34)16(2)3)11-17-9-7-6-8-10-17/h6-10,15-16,18-19,24H,5,11-14H2,1-4H3,(H2,28,30,31)(H2,32,35,36). The van der Waals surface area contributed by atoms with E-state index < -0.39 is 37.0 Å². The molecule has 0 spiro atoms. The number of hydrogen-bond acceptors (Lipinski definition) is 10. The third-order valence-corrected chi connectivity index (χ3v) is 7.94. The Hall–Kier alpha value is -2.80. The van der Waals surface area contributed by atoms with E-state index in [-0.39, 0.29) is 31.0 Å². The van der Waals surface area contributed by atoms with Gasteiger partial charge in [0, 0.05) is 0 Å². The van der Waals surface area contributed by atoms with Crippen molar-refractivity contribution in [1.29, 1.82) is 0 Å². The molecule has 224 valence electrons. The monoisotopic (exact) mass is 610 g/mol. The van der Waals surface area contributed by atoms with Gasteiger partial charge in [-0.25, -0.2) is 14.6 Å². The van der Waals surface area contributed by atoms with Crippen LogP contribution in [0.3, 0.4) is 0 Å². The highest BCUT2D eigenvalue weighted by Gasteiger charge is 2.46. The lowest BCUT2D eigenvalue weighted by Crippen LogP contribution is -2.35. The molecule has 5 atom stereocenters. The second-order valence-electron chi connectivity index (χ2n) is 10.4. The smallest absolute Gasteiger partial charge is 0.403 e. The van der Waals surface area contributed by atoms with Crippen molar-refractivity contribution in [2.75, 3.05) is 25.6 Å². The highest BCUT2D eigenvalue weighted by Crippen LogP contribution is 2.46. The number of nitrogen functional groups attached to an aromatic ring is 1. The lowest BCUT2D eigenvalue weighted by Gasteiger charge is -2.24. The molecule has 15 heteroatoms. The first-order chi connectivity index (χ1) is 19.4. The molecule has 3 aromatic rings. The topological polar surface area (TPSA) is 173 Å². The summed E-state index contributed by atoms with van der Waals surface area (Å²) in [6.07, 6.45) is 0.792. The van der Waals surface area contributed by atoms with Crippen molar-refractivity contribution < 1.29 is 33.0 Å². The van der Waals surface area contributed by atoms with E-state index in [0.717, 1.165) is 5.56 Å². The highest BCUT2D eigenvalue weighted by molar-refractivity contribution is 7.50. The van der Waals surface area contributed by atoms with E-state index >= 15 is 0 Å². The Balaban J connectivity index is 1.43. The maximum Gasteiger partial charge on any atom is 0.403 e. The summed E-state index contributed by atoms with van der Waals surface area (Å²) in [6.45, 7) is 7.07. The predicted molar refractivity (Wildman–Crippen MR) is 152 cm³/mol. The van der Waals surface area contributed by atoms with Gasteiger partial charge in [-0.15, -0.1) is 11.6 Å². The molecule has 1 aliphatic heterocycles. The van der Waals surface area contributed by atoms with Gasteiger partial charge in [0.25, 0.3) is 0 Å². The van der Waals surface area contributed by atoms with Gasteiger partial charge in [0.15, 0.2) is 17.4 Å². The van der Waals surface area contributed by atoms with Gasteiger partial charge < -0.3 is 24.8 Å². The van der Waals surface area contributed by atoms with Gasteiger partial charge in [-0.05, 0) is 32.3 Å². The van der Waals surface area contributed by atoms with E-state index in [2.05, 4.69) is 20.0 Å². The number of halogens is 1. The zero-order valence-corrected chi connectivity index (χ0v) is 25.0. The molecule has 4 rings (SSSR count). The van der Waals surface area contributed by atoms with Crippen LogP contribution < -0.4 is 15.6 Å². The van der Waals surface area contributed by atoms with Crippen LogP contribution in [0.4, 0.5) is 5.95 Å². The SMILES string of the molecule is CCOc1nc(N)nc2c1ncn2C1OC(COP(=O)(O)NC(COC(=O)C(C)C)Cc2ccccc2)CC1(C)Cl. The fraction of sp³-hybridized carbons (Fsp3) is 0.538. The van der Waals surface area contributed by atoms with Crippen LogP contribution in [0.1, 0.15) is 45.9 Å². The first-order valence-electron chi connectivity index (χ1n) is 13.3. The molecule has 0 aliphatic carbocycles. The second-order valence-corrected chi connectivity index (χ2v) is 12.8. The van der Waals surface area contributed by atoms with Crippen LogP contribution in [0.15, 0.2) is 36.7 Å². The molecule has 0 radical (unpaired) electrons. The van der Waals surface area contributed by atoms with E-state index in [1.54, 1.807) is 25.3 Å². The zero-order valence-electron chi connectivity index (χ0n) is 23.4. The Morgan fingerprint density at radius 3 is 2.76 bits per heavy atom. The van der Waals surface area contributed by atoms with Crippen molar-refractivity contribution in [3.05, 3.63) is 42.2 Å². The summed E-state index contributed by atoms with van der Waals surface area (Å²) >= 11 is 6.85. The first kappa shape index (κ1) is 31.1. The van der Waals surface area contributed by atoms with Gasteiger partial charge >= 0.3 is 13.7 Å². The van der Waals surface area contributed by atoms with Crippen molar-refractivity contribution in [1.82, 2.24) is 24.6 Å². The molecule has 1 aromatic carbocycles. The summed E-state index contributed by atoms with van der Waals surface area (Å²) in [7, 11) is -4.34. The minimum Gasteiger partial charge on any atom is -0.476 e. The average molecular weight is 611 g/mol. The summed E-state index contributed by atoms with van der Waals surface area (Å²) < 4.78 is 37.2. The van der Waals surface area contributed by atoms with E-state index in [1.807, 2.05) is 37.3 Å². The molecular weight excluding hydrogens is 575 g/mol. The molecule has 4 N–H and O–H groups in total. The molecule has 0 bridgehead atoms. The lowest BCUT2D eigenvalue weighted by molar-refractivity contribution is -0.148. The number of aromatic nitrogens is 4. The van der Waals surface area contributed by atoms with Gasteiger partial charge in [-0.1, -0.05) is 44.2 Å². The number of fused-ring (bicyclic) bond motifs is 1. The number of anilines is 1. The van der Waals surface area contributed by atoms with Crippen LogP contribution in [0.2, 0.25) is 0 Å². The number of esters is 1. The number of ether oxygens (including phenoxy) is 3. The first-order valence-corrected chi connectivity index (χ1v) is 15.3. The molecule has 0 amide bonds. The molecule has 13 nitrogen and oxygen atoms in total. The summed E-state index contributed by atoms with van der Waals surface area (Å²) in [5.41, 5.74) is 7.57. The molecule has 41 heavy (non-hydrogen) atoms. The molecule has 1 saturated heterocycles. The largest absolute Gasteiger partial charge is 0.476 e. The summed E-state index contributed by atoms with van der Waals surface area (Å²) in [5.74, 6) is -0.478. The number of nitrogens with zero attached hydrogens (tertiary/aromatic N) is 4. The molecule has 1 fully saturated rings. The number of hydrogen-bond donors (Lipinski definition) is 3. The Bertz CT molecular complexity index is 1390. The lowest BCUT2D eigenvalue weighted by atomic mass is 10.1. The van der Waals surface area contributed by atoms with Gasteiger partial charge in [-0.2, -0.15) is 9.97 Å². The minimum absolute atomic E-state index is 0.00767. The van der Waals surface area contributed by atoms with Crippen molar-refractivity contribution in [2.45, 2.75) is 63.8 Å². The number of nitrogens with one attached hydrogen (secondary N) is 1. The minimum atomic E-state index is -4.34. The van der Waals surface area contributed by atoms with Crippen molar-refractivity contribution >= 4 is 42.4 Å². The average Bonchev–Trinajstić information content (AvgIpc) is 3.45. The third kappa shape index (κ3) is 7.94. The number of benzene rings is 1. The van der Waals surface area contributed by atoms with Crippen LogP contribution in [-0.4, -0.2) is 67.2 Å². The fourth-order valence-corrected chi connectivity index (χ4v) is 5.93. The molecule has 2 aromatic heterocycles. The van der Waals surface area contributed by atoms with Gasteiger partial charge in [0.2, 0.25) is 11.8 Å². The van der Waals surface area contributed by atoms with Gasteiger partial charge in [-0.3, -0.25) is 13.9 Å². The predicted octanol–water partition coefficient (Wildman–Crippen LogP) is 3.61. The molecule has 3 heterocycles. The highest BCUT2D eigenvalue weighted by atomic mass is 35.5. The van der Waals surface area contributed by atoms with E-state index in [1.165, 1.54) is 6.33 Å². The fourth-order valence-electron chi connectivity index (χ4n) is 4.53. The van der Waals surface area contributed by atoms with Crippen LogP contribution in [0.25, 0.3) is 11.2 Å². The number of carbonyl (C=O) groups is 1. The van der Waals surface area contributed by atoms with E-state index in [4.69, 9.17) is 36.1 Å². The number of alkyl halides is 1. The maximum atomic E-state index is 13.1. The number of nitrogens with two attached hydrogens (primary N) is 1. The Morgan fingerprint density at radius 1 is 1.34 bits per heavy atom. The normalized spacial score (nSPS) is 23.0. The van der Waals surface area contributed by atoms with E-state index in [0.29, 0.717) is 30.6 Å². The summed E-state index contributed by atoms with van der Waals surface area (Å²) in [6, 6.07) is 8.68. The van der Waals surface area contributed by atoms with Gasteiger partial charge in [0.1, 0.15) is 6.61 Å². The van der Waals surface area contributed by atoms with Crippen LogP contribution in [0.5, 0.6) is 5.88 Å². The van der Waals surface area contributed by atoms with Crippen LogP contribution in [-0.2, 0) is 29.8 Å². The van der Waals surface area contributed by atoms with Crippen LogP contribution in [0, 0.1) is 5.92 Å². The van der Waals surface area contributed by atoms with Gasteiger partial charge in [0.05, 0.1) is 42.5 Å². The van der Waals surface area contributed by atoms with Crippen molar-refractivity contribution in [2.24, 2.45) is 5.92 Å². The molecular formula is C26H36ClN6O7P. The van der Waals surface area contributed by atoms with Crippen LogP contribution >= 0.6 is 19.3 Å². The summed E-state index contributed by atoms with van der Waals surface area (Å²) in [5, 5.41) is 2.63. The Kier molecular flexibility index (Phi) is 9.89. The number of rotatable bonds is 13. The summed E-state index contributed by atoms with van der Waals surface area (Å²) in [4.78, 5) is 34.5. The molecule has 0 saturated carbocycles. The second kappa shape index (κ2) is 13.0. The third-order valence-electron chi connectivity index (χ3n) is 6.41. The maximum absolute atomic E-state index is 13.1. The van der Waals surface area contributed by atoms with Crippen molar-refractivity contribution in [3.8, 4) is 5.88 Å². The Labute approximate surface area is 243 Å². The quantitative estimate of drug-likeness (QED) is 0.146. The Morgan fingerprint density at radius 2 is 2.07 bits per heavy atom. The number of carbonyl (C=O) groups excluding carboxylic acids is 1. The number of imidazole rings is 1. The molecule has 5 unspecified atom stereocenters. The van der Waals surface area contributed by atoms with E-state index in [9.17, 15) is 14.3 Å².